The molecule has 0 amide bonds. The van der Waals surface area contributed by atoms with Crippen molar-refractivity contribution in [1.82, 2.24) is 4.90 Å². The Morgan fingerprint density at radius 3 is 1.94 bits per heavy atom. The lowest BCUT2D eigenvalue weighted by molar-refractivity contribution is 0.237. The summed E-state index contributed by atoms with van der Waals surface area (Å²) in [6.45, 7) is 7.54. The standard InChI is InChI=1S/C15H29N/c1-3-13(2)16-11-14-9-7-5-4-6-8-10-15(14)12-16/h13-15H,3-12H2,1-2H3. The molecule has 0 spiro atoms. The SMILES string of the molecule is CCC(C)N1CC2CCCCCCCC2C1. The lowest BCUT2D eigenvalue weighted by Gasteiger charge is -2.23. The van der Waals surface area contributed by atoms with Crippen LogP contribution in [-0.2, 0) is 0 Å². The highest BCUT2D eigenvalue weighted by molar-refractivity contribution is 4.86. The molecule has 2 rings (SSSR count). The topological polar surface area (TPSA) is 3.24 Å². The van der Waals surface area contributed by atoms with E-state index >= 15 is 0 Å². The molecule has 0 aromatic rings. The van der Waals surface area contributed by atoms with Crippen LogP contribution < -0.4 is 0 Å². The van der Waals surface area contributed by atoms with Crippen molar-refractivity contribution >= 4 is 0 Å². The van der Waals surface area contributed by atoms with Gasteiger partial charge in [-0.05, 0) is 38.0 Å². The van der Waals surface area contributed by atoms with E-state index in [1.165, 1.54) is 64.5 Å². The summed E-state index contributed by atoms with van der Waals surface area (Å²) in [5, 5.41) is 0. The van der Waals surface area contributed by atoms with E-state index in [-0.39, 0.29) is 0 Å². The van der Waals surface area contributed by atoms with Crippen LogP contribution in [0.5, 0.6) is 0 Å². The first-order chi connectivity index (χ1) is 7.81. The Kier molecular flexibility index (Phi) is 4.69. The van der Waals surface area contributed by atoms with Gasteiger partial charge < -0.3 is 4.90 Å². The van der Waals surface area contributed by atoms with Crippen molar-refractivity contribution in [2.75, 3.05) is 13.1 Å². The van der Waals surface area contributed by atoms with Gasteiger partial charge in [-0.15, -0.1) is 0 Å². The summed E-state index contributed by atoms with van der Waals surface area (Å²) in [5.41, 5.74) is 0. The summed E-state index contributed by atoms with van der Waals surface area (Å²) in [5.74, 6) is 2.07. The molecule has 1 aliphatic heterocycles. The summed E-state index contributed by atoms with van der Waals surface area (Å²) in [6.07, 6.45) is 11.8. The first-order valence-corrected chi connectivity index (χ1v) is 7.55. The van der Waals surface area contributed by atoms with Gasteiger partial charge in [-0.2, -0.15) is 0 Å². The van der Waals surface area contributed by atoms with Crippen LogP contribution in [0.15, 0.2) is 0 Å². The number of rotatable bonds is 2. The highest BCUT2D eigenvalue weighted by Gasteiger charge is 2.33. The van der Waals surface area contributed by atoms with Gasteiger partial charge in [0.2, 0.25) is 0 Å². The summed E-state index contributed by atoms with van der Waals surface area (Å²) in [4.78, 5) is 2.76. The predicted octanol–water partition coefficient (Wildman–Crippen LogP) is 4.08. The molecule has 0 aromatic carbocycles. The first-order valence-electron chi connectivity index (χ1n) is 7.55. The van der Waals surface area contributed by atoms with Crippen molar-refractivity contribution < 1.29 is 0 Å². The second kappa shape index (κ2) is 6.05. The van der Waals surface area contributed by atoms with Crippen LogP contribution in [0.25, 0.3) is 0 Å². The van der Waals surface area contributed by atoms with E-state index in [9.17, 15) is 0 Å². The zero-order chi connectivity index (χ0) is 11.4. The molecule has 0 N–H and O–H groups in total. The van der Waals surface area contributed by atoms with Crippen molar-refractivity contribution in [1.29, 1.82) is 0 Å². The van der Waals surface area contributed by atoms with Gasteiger partial charge >= 0.3 is 0 Å². The number of hydrogen-bond acceptors (Lipinski definition) is 1. The Labute approximate surface area is 102 Å². The molecule has 1 saturated carbocycles. The van der Waals surface area contributed by atoms with Crippen LogP contribution in [-0.4, -0.2) is 24.0 Å². The van der Waals surface area contributed by atoms with E-state index in [2.05, 4.69) is 18.7 Å². The molecule has 3 atom stereocenters. The molecule has 1 nitrogen and oxygen atoms in total. The molecular weight excluding hydrogens is 194 g/mol. The van der Waals surface area contributed by atoms with Crippen molar-refractivity contribution in [3.05, 3.63) is 0 Å². The minimum absolute atomic E-state index is 0.815. The lowest BCUT2D eigenvalue weighted by atomic mass is 9.89. The van der Waals surface area contributed by atoms with Crippen LogP contribution in [0.4, 0.5) is 0 Å². The zero-order valence-electron chi connectivity index (χ0n) is 11.3. The third-order valence-electron chi connectivity index (χ3n) is 4.97. The molecule has 2 aliphatic rings. The van der Waals surface area contributed by atoms with E-state index in [1.807, 2.05) is 0 Å². The van der Waals surface area contributed by atoms with Gasteiger partial charge in [0.1, 0.15) is 0 Å². The van der Waals surface area contributed by atoms with E-state index in [4.69, 9.17) is 0 Å². The van der Waals surface area contributed by atoms with Gasteiger partial charge in [-0.1, -0.05) is 39.0 Å². The largest absolute Gasteiger partial charge is 0.300 e. The molecule has 0 bridgehead atoms. The fraction of sp³-hybridized carbons (Fsp3) is 1.00. The predicted molar refractivity (Wildman–Crippen MR) is 70.6 cm³/mol. The minimum Gasteiger partial charge on any atom is -0.300 e. The molecule has 94 valence electrons. The molecule has 0 radical (unpaired) electrons. The maximum atomic E-state index is 2.76. The summed E-state index contributed by atoms with van der Waals surface area (Å²) in [7, 11) is 0. The van der Waals surface area contributed by atoms with Crippen molar-refractivity contribution in [2.24, 2.45) is 11.8 Å². The van der Waals surface area contributed by atoms with Crippen LogP contribution in [0.2, 0.25) is 0 Å². The third kappa shape index (κ3) is 3.00. The molecule has 16 heavy (non-hydrogen) atoms. The Hall–Kier alpha value is -0.0400. The monoisotopic (exact) mass is 223 g/mol. The van der Waals surface area contributed by atoms with Crippen LogP contribution >= 0.6 is 0 Å². The third-order valence-corrected chi connectivity index (χ3v) is 4.97. The Morgan fingerprint density at radius 2 is 1.44 bits per heavy atom. The molecule has 1 heterocycles. The Bertz CT molecular complexity index is 186. The first kappa shape index (κ1) is 12.4. The fourth-order valence-electron chi connectivity index (χ4n) is 3.59. The fourth-order valence-corrected chi connectivity index (χ4v) is 3.59. The Balaban J connectivity index is 1.90. The highest BCUT2D eigenvalue weighted by atomic mass is 15.2. The van der Waals surface area contributed by atoms with Gasteiger partial charge in [-0.3, -0.25) is 0 Å². The Morgan fingerprint density at radius 1 is 0.938 bits per heavy atom. The van der Waals surface area contributed by atoms with Crippen molar-refractivity contribution in [3.63, 3.8) is 0 Å². The maximum Gasteiger partial charge on any atom is 0.00645 e. The van der Waals surface area contributed by atoms with E-state index in [0.717, 1.165) is 17.9 Å². The molecule has 1 heteroatoms. The summed E-state index contributed by atoms with van der Waals surface area (Å²) < 4.78 is 0. The van der Waals surface area contributed by atoms with Gasteiger partial charge in [0.15, 0.2) is 0 Å². The highest BCUT2D eigenvalue weighted by Crippen LogP contribution is 2.34. The average Bonchev–Trinajstić information content (AvgIpc) is 2.72. The lowest BCUT2D eigenvalue weighted by Crippen LogP contribution is -2.30. The van der Waals surface area contributed by atoms with E-state index < -0.39 is 0 Å². The van der Waals surface area contributed by atoms with Crippen LogP contribution in [0.3, 0.4) is 0 Å². The maximum absolute atomic E-state index is 2.76. The second-order valence-corrected chi connectivity index (χ2v) is 6.08. The molecular formula is C15H29N. The summed E-state index contributed by atoms with van der Waals surface area (Å²) >= 11 is 0. The molecule has 1 aliphatic carbocycles. The minimum atomic E-state index is 0.815. The number of fused-ring (bicyclic) bond motifs is 1. The second-order valence-electron chi connectivity index (χ2n) is 6.08. The average molecular weight is 223 g/mol. The van der Waals surface area contributed by atoms with E-state index in [0.29, 0.717) is 0 Å². The van der Waals surface area contributed by atoms with Crippen molar-refractivity contribution in [2.45, 2.75) is 71.3 Å². The van der Waals surface area contributed by atoms with Gasteiger partial charge in [0, 0.05) is 19.1 Å². The smallest absolute Gasteiger partial charge is 0.00645 e. The molecule has 1 saturated heterocycles. The number of likely N-dealkylation sites (tertiary alicyclic amines) is 1. The zero-order valence-corrected chi connectivity index (χ0v) is 11.3. The quantitative estimate of drug-likeness (QED) is 0.682. The van der Waals surface area contributed by atoms with Gasteiger partial charge in [-0.25, -0.2) is 0 Å². The van der Waals surface area contributed by atoms with E-state index in [1.54, 1.807) is 0 Å². The normalized spacial score (nSPS) is 34.9. The summed E-state index contributed by atoms with van der Waals surface area (Å²) in [6, 6.07) is 0.815. The number of hydrogen-bond donors (Lipinski definition) is 0. The van der Waals surface area contributed by atoms with Crippen molar-refractivity contribution in [3.8, 4) is 0 Å². The molecule has 0 aromatic heterocycles. The van der Waals surface area contributed by atoms with Crippen LogP contribution in [0.1, 0.15) is 65.2 Å². The van der Waals surface area contributed by atoms with Crippen LogP contribution in [0, 0.1) is 11.8 Å². The molecule has 2 fully saturated rings. The van der Waals surface area contributed by atoms with Gasteiger partial charge in [0.05, 0.1) is 0 Å². The molecule has 3 unspecified atom stereocenters. The van der Waals surface area contributed by atoms with Gasteiger partial charge in [0.25, 0.3) is 0 Å². The number of nitrogens with zero attached hydrogens (tertiary/aromatic N) is 1.